The average Bonchev–Trinajstić information content (AvgIpc) is 2.74. The fourth-order valence-electron chi connectivity index (χ4n) is 2.40. The summed E-state index contributed by atoms with van der Waals surface area (Å²) in [6.45, 7) is 9.24. The highest BCUT2D eigenvalue weighted by Crippen LogP contribution is 2.19. The van der Waals surface area contributed by atoms with Crippen LogP contribution in [0.1, 0.15) is 52.9 Å². The van der Waals surface area contributed by atoms with Crippen LogP contribution in [-0.2, 0) is 0 Å². The molecular weight excluding hydrogens is 172 g/mol. The Morgan fingerprint density at radius 1 is 1.21 bits per heavy atom. The number of rotatable bonds is 6. The summed E-state index contributed by atoms with van der Waals surface area (Å²) in [5.74, 6) is 0. The second-order valence-electron chi connectivity index (χ2n) is 4.52. The third-order valence-electron chi connectivity index (χ3n) is 3.92. The van der Waals surface area contributed by atoms with Crippen molar-refractivity contribution in [2.75, 3.05) is 13.1 Å². The second kappa shape index (κ2) is 5.72. The van der Waals surface area contributed by atoms with E-state index in [9.17, 15) is 0 Å². The first-order valence-electron chi connectivity index (χ1n) is 6.24. The first kappa shape index (κ1) is 12.0. The smallest absolute Gasteiger partial charge is 0.0193 e. The maximum atomic E-state index is 3.76. The van der Waals surface area contributed by atoms with E-state index in [1.807, 2.05) is 0 Å². The molecule has 0 amide bonds. The van der Waals surface area contributed by atoms with Gasteiger partial charge < -0.3 is 10.6 Å². The molecule has 14 heavy (non-hydrogen) atoms. The minimum atomic E-state index is 0.393. The van der Waals surface area contributed by atoms with Crippen molar-refractivity contribution in [2.45, 2.75) is 64.5 Å². The molecule has 1 aliphatic rings. The molecule has 0 aromatic carbocycles. The third kappa shape index (κ3) is 2.96. The topological polar surface area (TPSA) is 24.1 Å². The first-order chi connectivity index (χ1) is 6.76. The molecule has 0 radical (unpaired) electrons. The molecule has 1 fully saturated rings. The van der Waals surface area contributed by atoms with Gasteiger partial charge in [0.1, 0.15) is 0 Å². The van der Waals surface area contributed by atoms with E-state index in [1.54, 1.807) is 0 Å². The van der Waals surface area contributed by atoms with Gasteiger partial charge in [0.2, 0.25) is 0 Å². The van der Waals surface area contributed by atoms with Crippen molar-refractivity contribution in [3.8, 4) is 0 Å². The van der Waals surface area contributed by atoms with Crippen LogP contribution in [0.2, 0.25) is 0 Å². The van der Waals surface area contributed by atoms with Crippen LogP contribution in [0.4, 0.5) is 0 Å². The molecule has 2 heteroatoms. The van der Waals surface area contributed by atoms with E-state index >= 15 is 0 Å². The van der Waals surface area contributed by atoms with Crippen molar-refractivity contribution < 1.29 is 0 Å². The van der Waals surface area contributed by atoms with Crippen molar-refractivity contribution in [3.05, 3.63) is 0 Å². The molecule has 1 unspecified atom stereocenters. The Labute approximate surface area is 88.8 Å². The van der Waals surface area contributed by atoms with E-state index in [0.717, 1.165) is 12.6 Å². The Hall–Kier alpha value is -0.0800. The van der Waals surface area contributed by atoms with Crippen LogP contribution in [0.5, 0.6) is 0 Å². The molecule has 1 aliphatic heterocycles. The second-order valence-corrected chi connectivity index (χ2v) is 4.52. The third-order valence-corrected chi connectivity index (χ3v) is 3.92. The molecule has 0 aliphatic carbocycles. The van der Waals surface area contributed by atoms with Crippen LogP contribution in [0.3, 0.4) is 0 Å². The summed E-state index contributed by atoms with van der Waals surface area (Å²) in [6.07, 6.45) is 6.43. The Bertz CT molecular complexity index is 138. The number of hydrogen-bond donors (Lipinski definition) is 2. The van der Waals surface area contributed by atoms with Crippen LogP contribution in [0.15, 0.2) is 0 Å². The molecule has 1 rings (SSSR count). The van der Waals surface area contributed by atoms with Gasteiger partial charge in [0, 0.05) is 18.1 Å². The summed E-state index contributed by atoms with van der Waals surface area (Å²) < 4.78 is 0. The Balaban J connectivity index is 2.31. The van der Waals surface area contributed by atoms with Crippen LogP contribution < -0.4 is 10.6 Å². The van der Waals surface area contributed by atoms with Crippen molar-refractivity contribution in [1.82, 2.24) is 10.6 Å². The molecule has 84 valence electrons. The SMILES string of the molecule is CCC(CC)(CC)NCC1CCCN1. The van der Waals surface area contributed by atoms with E-state index in [2.05, 4.69) is 31.4 Å². The zero-order chi connectivity index (χ0) is 10.4. The van der Waals surface area contributed by atoms with E-state index in [0.29, 0.717) is 5.54 Å². The zero-order valence-corrected chi connectivity index (χ0v) is 10.0. The maximum Gasteiger partial charge on any atom is 0.0193 e. The largest absolute Gasteiger partial charge is 0.313 e. The molecule has 1 atom stereocenters. The van der Waals surface area contributed by atoms with Crippen LogP contribution in [-0.4, -0.2) is 24.7 Å². The van der Waals surface area contributed by atoms with Crippen molar-refractivity contribution in [2.24, 2.45) is 0 Å². The first-order valence-corrected chi connectivity index (χ1v) is 6.24. The molecule has 1 heterocycles. The van der Waals surface area contributed by atoms with Gasteiger partial charge >= 0.3 is 0 Å². The summed E-state index contributed by atoms with van der Waals surface area (Å²) in [7, 11) is 0. The van der Waals surface area contributed by atoms with E-state index in [1.165, 1.54) is 38.6 Å². The van der Waals surface area contributed by atoms with Crippen LogP contribution >= 0.6 is 0 Å². The van der Waals surface area contributed by atoms with E-state index in [-0.39, 0.29) is 0 Å². The number of nitrogens with one attached hydrogen (secondary N) is 2. The molecule has 2 N–H and O–H groups in total. The van der Waals surface area contributed by atoms with Gasteiger partial charge in [0.25, 0.3) is 0 Å². The van der Waals surface area contributed by atoms with Crippen molar-refractivity contribution in [3.63, 3.8) is 0 Å². The van der Waals surface area contributed by atoms with E-state index < -0.39 is 0 Å². The van der Waals surface area contributed by atoms with Crippen molar-refractivity contribution >= 4 is 0 Å². The summed E-state index contributed by atoms with van der Waals surface area (Å²) in [6, 6.07) is 0.721. The highest BCUT2D eigenvalue weighted by molar-refractivity contribution is 4.87. The van der Waals surface area contributed by atoms with Gasteiger partial charge in [-0.1, -0.05) is 20.8 Å². The lowest BCUT2D eigenvalue weighted by molar-refractivity contribution is 0.279. The fourth-order valence-corrected chi connectivity index (χ4v) is 2.40. The fraction of sp³-hybridized carbons (Fsp3) is 1.00. The predicted molar refractivity (Wildman–Crippen MR) is 62.6 cm³/mol. The lowest BCUT2D eigenvalue weighted by Crippen LogP contribution is -2.48. The minimum Gasteiger partial charge on any atom is -0.313 e. The Morgan fingerprint density at radius 3 is 2.29 bits per heavy atom. The number of hydrogen-bond acceptors (Lipinski definition) is 2. The van der Waals surface area contributed by atoms with Crippen LogP contribution in [0, 0.1) is 0 Å². The zero-order valence-electron chi connectivity index (χ0n) is 10.0. The summed E-state index contributed by atoms with van der Waals surface area (Å²) in [4.78, 5) is 0. The highest BCUT2D eigenvalue weighted by Gasteiger charge is 2.24. The summed E-state index contributed by atoms with van der Waals surface area (Å²) in [5, 5.41) is 7.30. The van der Waals surface area contributed by atoms with Gasteiger partial charge in [-0.25, -0.2) is 0 Å². The Kier molecular flexibility index (Phi) is 4.90. The average molecular weight is 198 g/mol. The minimum absolute atomic E-state index is 0.393. The molecule has 0 aromatic rings. The van der Waals surface area contributed by atoms with Gasteiger partial charge in [0.05, 0.1) is 0 Å². The van der Waals surface area contributed by atoms with Gasteiger partial charge in [0.15, 0.2) is 0 Å². The molecule has 0 saturated carbocycles. The van der Waals surface area contributed by atoms with Gasteiger partial charge in [-0.05, 0) is 38.6 Å². The highest BCUT2D eigenvalue weighted by atomic mass is 15.0. The molecule has 1 saturated heterocycles. The monoisotopic (exact) mass is 198 g/mol. The summed E-state index contributed by atoms with van der Waals surface area (Å²) >= 11 is 0. The lowest BCUT2D eigenvalue weighted by Gasteiger charge is -2.33. The maximum absolute atomic E-state index is 3.76. The summed E-state index contributed by atoms with van der Waals surface area (Å²) in [5.41, 5.74) is 0.393. The molecule has 0 aromatic heterocycles. The normalized spacial score (nSPS) is 22.9. The molecular formula is C12H26N2. The standard InChI is InChI=1S/C12H26N2/c1-4-12(5-2,6-3)14-10-11-8-7-9-13-11/h11,13-14H,4-10H2,1-3H3. The van der Waals surface area contributed by atoms with Gasteiger partial charge in [-0.15, -0.1) is 0 Å². The van der Waals surface area contributed by atoms with Crippen LogP contribution in [0.25, 0.3) is 0 Å². The van der Waals surface area contributed by atoms with Gasteiger partial charge in [-0.2, -0.15) is 0 Å². The van der Waals surface area contributed by atoms with E-state index in [4.69, 9.17) is 0 Å². The molecule has 0 bridgehead atoms. The Morgan fingerprint density at radius 2 is 1.86 bits per heavy atom. The lowest BCUT2D eigenvalue weighted by atomic mass is 9.89. The molecule has 0 spiro atoms. The van der Waals surface area contributed by atoms with Gasteiger partial charge in [-0.3, -0.25) is 0 Å². The quantitative estimate of drug-likeness (QED) is 0.684. The van der Waals surface area contributed by atoms with Crippen molar-refractivity contribution in [1.29, 1.82) is 0 Å². The predicted octanol–water partition coefficient (Wildman–Crippen LogP) is 2.30. The molecule has 2 nitrogen and oxygen atoms in total.